The topological polar surface area (TPSA) is 75.3 Å². The summed E-state index contributed by atoms with van der Waals surface area (Å²) in [5, 5.41) is 10.7. The Kier molecular flexibility index (Phi) is 5.58. The van der Waals surface area contributed by atoms with Gasteiger partial charge in [0.25, 0.3) is 0 Å². The molecule has 2 aromatic heterocycles. The molecule has 3 N–H and O–H groups in total. The predicted octanol–water partition coefficient (Wildman–Crippen LogP) is 2.50. The van der Waals surface area contributed by atoms with Gasteiger partial charge >= 0.3 is 6.18 Å². The highest BCUT2D eigenvalue weighted by atomic mass is 35.5. The molecule has 1 fully saturated rings. The monoisotopic (exact) mass is 382 g/mol. The van der Waals surface area contributed by atoms with E-state index in [1.165, 1.54) is 12.4 Å². The first-order chi connectivity index (χ1) is 10.7. The number of aromatic nitrogens is 2. The number of anilines is 1. The minimum Gasteiger partial charge on any atom is -0.391 e. The number of thiophene rings is 1. The van der Waals surface area contributed by atoms with E-state index in [1.54, 1.807) is 11.9 Å². The summed E-state index contributed by atoms with van der Waals surface area (Å²) in [6, 6.07) is 1.20. The summed E-state index contributed by atoms with van der Waals surface area (Å²) in [5.41, 5.74) is 5.88. The highest BCUT2D eigenvalue weighted by molar-refractivity contribution is 7.18. The summed E-state index contributed by atoms with van der Waals surface area (Å²) in [4.78, 5) is 10.8. The molecular weight excluding hydrogens is 365 g/mol. The largest absolute Gasteiger partial charge is 0.393 e. The minimum atomic E-state index is -4.26. The molecule has 0 bridgehead atoms. The lowest BCUT2D eigenvalue weighted by molar-refractivity contribution is -0.126. The first-order valence-electron chi connectivity index (χ1n) is 7.21. The standard InChI is InChI=1S/C14H17F3N4OS.ClH/c1-21(10-2-7(18)3-11(10)22)12-9-4-8(5-14(15,16)17)23-13(9)20-6-19-12;/h4,6-7,10-11,22H,2-3,5,18H2,1H3;1H/t7-,10+,11-;/m1./s1. The third kappa shape index (κ3) is 3.90. The van der Waals surface area contributed by atoms with E-state index in [1.807, 2.05) is 0 Å². The Morgan fingerprint density at radius 3 is 2.67 bits per heavy atom. The van der Waals surface area contributed by atoms with E-state index in [9.17, 15) is 18.3 Å². The molecule has 1 aliphatic carbocycles. The Morgan fingerprint density at radius 2 is 2.08 bits per heavy atom. The van der Waals surface area contributed by atoms with Crippen molar-refractivity contribution in [2.45, 2.75) is 43.6 Å². The molecular formula is C14H18ClF3N4OS. The quantitative estimate of drug-likeness (QED) is 0.853. The summed E-state index contributed by atoms with van der Waals surface area (Å²) in [5.74, 6) is 0.526. The number of hydrogen-bond acceptors (Lipinski definition) is 6. The van der Waals surface area contributed by atoms with Gasteiger partial charge in [-0.25, -0.2) is 9.97 Å². The number of halogens is 4. The molecule has 0 radical (unpaired) electrons. The Balaban J connectivity index is 0.00000208. The van der Waals surface area contributed by atoms with Crippen LogP contribution in [0.4, 0.5) is 19.0 Å². The van der Waals surface area contributed by atoms with Crippen molar-refractivity contribution in [1.82, 2.24) is 9.97 Å². The number of nitrogens with two attached hydrogens (primary N) is 1. The lowest BCUT2D eigenvalue weighted by Crippen LogP contribution is -2.38. The third-order valence-corrected chi connectivity index (χ3v) is 5.14. The lowest BCUT2D eigenvalue weighted by atomic mass is 10.1. The van der Waals surface area contributed by atoms with Crippen molar-refractivity contribution in [2.24, 2.45) is 5.73 Å². The average Bonchev–Trinajstić information content (AvgIpc) is 2.97. The minimum absolute atomic E-state index is 0. The second-order valence-electron chi connectivity index (χ2n) is 5.90. The smallest absolute Gasteiger partial charge is 0.391 e. The van der Waals surface area contributed by atoms with Gasteiger partial charge < -0.3 is 15.7 Å². The molecule has 2 aromatic rings. The maximum atomic E-state index is 12.6. The first kappa shape index (κ1) is 19.2. The van der Waals surface area contributed by atoms with Crippen molar-refractivity contribution >= 4 is 39.8 Å². The predicted molar refractivity (Wildman–Crippen MR) is 89.8 cm³/mol. The fraction of sp³-hybridized carbons (Fsp3) is 0.571. The highest BCUT2D eigenvalue weighted by Gasteiger charge is 2.35. The van der Waals surface area contributed by atoms with Gasteiger partial charge in [0.1, 0.15) is 17.0 Å². The van der Waals surface area contributed by atoms with Gasteiger partial charge in [0.2, 0.25) is 0 Å². The van der Waals surface area contributed by atoms with Crippen LogP contribution in [0.25, 0.3) is 10.2 Å². The van der Waals surface area contributed by atoms with Crippen molar-refractivity contribution in [1.29, 1.82) is 0 Å². The summed E-state index contributed by atoms with van der Waals surface area (Å²) in [6.07, 6.45) is -3.35. The fourth-order valence-electron chi connectivity index (χ4n) is 3.06. The van der Waals surface area contributed by atoms with Crippen LogP contribution >= 0.6 is 23.7 Å². The van der Waals surface area contributed by atoms with Crippen LogP contribution in [0.5, 0.6) is 0 Å². The number of fused-ring (bicyclic) bond motifs is 1. The summed E-state index contributed by atoms with van der Waals surface area (Å²) in [6.45, 7) is 0. The molecule has 0 unspecified atom stereocenters. The zero-order valence-corrected chi connectivity index (χ0v) is 14.5. The van der Waals surface area contributed by atoms with E-state index in [4.69, 9.17) is 5.73 Å². The summed E-state index contributed by atoms with van der Waals surface area (Å²) in [7, 11) is 1.77. The van der Waals surface area contributed by atoms with Crippen LogP contribution in [0.3, 0.4) is 0 Å². The number of aliphatic hydroxyl groups excluding tert-OH is 1. The molecule has 1 saturated carbocycles. The van der Waals surface area contributed by atoms with E-state index in [0.29, 0.717) is 28.9 Å². The van der Waals surface area contributed by atoms with Crippen molar-refractivity contribution < 1.29 is 18.3 Å². The maximum absolute atomic E-state index is 12.6. The van der Waals surface area contributed by atoms with Crippen LogP contribution in [0, 0.1) is 0 Å². The highest BCUT2D eigenvalue weighted by Crippen LogP contribution is 2.35. The Hall–Kier alpha value is -1.16. The number of nitrogens with zero attached hydrogens (tertiary/aromatic N) is 3. The fourth-order valence-corrected chi connectivity index (χ4v) is 4.08. The molecule has 0 aromatic carbocycles. The van der Waals surface area contributed by atoms with E-state index in [0.717, 1.165) is 11.3 Å². The van der Waals surface area contributed by atoms with Crippen molar-refractivity contribution in [2.75, 3.05) is 11.9 Å². The summed E-state index contributed by atoms with van der Waals surface area (Å²) < 4.78 is 37.7. The third-order valence-electron chi connectivity index (χ3n) is 4.10. The van der Waals surface area contributed by atoms with Gasteiger partial charge in [-0.3, -0.25) is 0 Å². The molecule has 134 valence electrons. The van der Waals surface area contributed by atoms with Crippen LogP contribution in [0.15, 0.2) is 12.4 Å². The maximum Gasteiger partial charge on any atom is 0.393 e. The zero-order chi connectivity index (χ0) is 16.8. The van der Waals surface area contributed by atoms with E-state index in [-0.39, 0.29) is 29.4 Å². The number of likely N-dealkylation sites (N-methyl/N-ethyl adjacent to an activating group) is 1. The lowest BCUT2D eigenvalue weighted by Gasteiger charge is -2.28. The molecule has 3 atom stereocenters. The molecule has 5 nitrogen and oxygen atoms in total. The average molecular weight is 383 g/mol. The Morgan fingerprint density at radius 1 is 1.38 bits per heavy atom. The van der Waals surface area contributed by atoms with Gasteiger partial charge in [0.15, 0.2) is 0 Å². The number of aliphatic hydroxyl groups is 1. The number of hydrogen-bond donors (Lipinski definition) is 2. The normalized spacial score (nSPS) is 24.2. The van der Waals surface area contributed by atoms with E-state index >= 15 is 0 Å². The van der Waals surface area contributed by atoms with Crippen LogP contribution in [0.2, 0.25) is 0 Å². The Labute approximate surface area is 147 Å². The van der Waals surface area contributed by atoms with Crippen LogP contribution < -0.4 is 10.6 Å². The van der Waals surface area contributed by atoms with E-state index in [2.05, 4.69) is 9.97 Å². The summed E-state index contributed by atoms with van der Waals surface area (Å²) >= 11 is 1.01. The van der Waals surface area contributed by atoms with Gasteiger partial charge in [0.05, 0.1) is 24.0 Å². The molecule has 10 heteroatoms. The molecule has 24 heavy (non-hydrogen) atoms. The number of alkyl halides is 3. The molecule has 2 heterocycles. The molecule has 1 aliphatic rings. The van der Waals surface area contributed by atoms with Gasteiger partial charge in [-0.1, -0.05) is 0 Å². The second-order valence-corrected chi connectivity index (χ2v) is 7.01. The number of rotatable bonds is 3. The molecule has 0 amide bonds. The van der Waals surface area contributed by atoms with Crippen LogP contribution in [-0.4, -0.2) is 46.5 Å². The molecule has 0 spiro atoms. The molecule has 3 rings (SSSR count). The van der Waals surface area contributed by atoms with E-state index < -0.39 is 18.7 Å². The van der Waals surface area contributed by atoms with Crippen LogP contribution in [0.1, 0.15) is 17.7 Å². The second kappa shape index (κ2) is 6.99. The molecule has 0 aliphatic heterocycles. The van der Waals surface area contributed by atoms with Crippen molar-refractivity contribution in [3.63, 3.8) is 0 Å². The van der Waals surface area contributed by atoms with Gasteiger partial charge in [-0.15, -0.1) is 23.7 Å². The van der Waals surface area contributed by atoms with Crippen LogP contribution in [-0.2, 0) is 6.42 Å². The van der Waals surface area contributed by atoms with Gasteiger partial charge in [-0.2, -0.15) is 13.2 Å². The molecule has 0 saturated heterocycles. The van der Waals surface area contributed by atoms with Crippen molar-refractivity contribution in [3.8, 4) is 0 Å². The zero-order valence-electron chi connectivity index (χ0n) is 12.8. The SMILES string of the molecule is CN(c1ncnc2sc(CC(F)(F)F)cc12)[C@H]1C[C@@H](N)C[C@H]1O.Cl. The van der Waals surface area contributed by atoms with Gasteiger partial charge in [0, 0.05) is 18.0 Å². The van der Waals surface area contributed by atoms with Gasteiger partial charge in [-0.05, 0) is 18.9 Å². The van der Waals surface area contributed by atoms with Crippen molar-refractivity contribution in [3.05, 3.63) is 17.3 Å². The first-order valence-corrected chi connectivity index (χ1v) is 8.03. The Bertz CT molecular complexity index is 711.